The van der Waals surface area contributed by atoms with Crippen molar-refractivity contribution in [2.45, 2.75) is 52.0 Å². The summed E-state index contributed by atoms with van der Waals surface area (Å²) in [6.07, 6.45) is 6.32. The predicted molar refractivity (Wildman–Crippen MR) is 69.8 cm³/mol. The van der Waals surface area contributed by atoms with Crippen molar-refractivity contribution in [2.24, 2.45) is 21.6 Å². The Morgan fingerprint density at radius 1 is 1.41 bits per heavy atom. The quantitative estimate of drug-likeness (QED) is 0.510. The van der Waals surface area contributed by atoms with Crippen LogP contribution < -0.4 is 11.1 Å². The number of aliphatic hydroxyl groups is 1. The van der Waals surface area contributed by atoms with E-state index >= 15 is 0 Å². The van der Waals surface area contributed by atoms with E-state index in [0.29, 0.717) is 24.0 Å². The van der Waals surface area contributed by atoms with Gasteiger partial charge in [-0.1, -0.05) is 6.42 Å². The Kier molecular flexibility index (Phi) is 3.34. The van der Waals surface area contributed by atoms with E-state index in [1.54, 1.807) is 0 Å². The number of aliphatic hydroxyl groups excluding tert-OH is 1. The topological polar surface area (TPSA) is 70.6 Å². The third-order valence-electron chi connectivity index (χ3n) is 4.27. The zero-order valence-electron chi connectivity index (χ0n) is 11.0. The van der Waals surface area contributed by atoms with Gasteiger partial charge in [0.05, 0.1) is 13.2 Å². The molecule has 98 valence electrons. The van der Waals surface area contributed by atoms with Gasteiger partial charge in [0, 0.05) is 11.5 Å². The fourth-order valence-corrected chi connectivity index (χ4v) is 3.44. The summed E-state index contributed by atoms with van der Waals surface area (Å²) in [6.45, 7) is 4.98. The minimum Gasteiger partial charge on any atom is -0.396 e. The van der Waals surface area contributed by atoms with Gasteiger partial charge in [0.15, 0.2) is 5.96 Å². The summed E-state index contributed by atoms with van der Waals surface area (Å²) in [7, 11) is 0. The van der Waals surface area contributed by atoms with Crippen LogP contribution in [0.3, 0.4) is 0 Å². The standard InChI is InChI=1S/C13H25N3O/c1-10(2)16-11(14)15-8-13(9-17)6-12(7-13)4-3-5-12/h10,17H,3-9H2,1-2H3,(H3,14,15,16). The summed E-state index contributed by atoms with van der Waals surface area (Å²) < 4.78 is 0. The van der Waals surface area contributed by atoms with Crippen LogP contribution in [-0.2, 0) is 0 Å². The molecule has 4 heteroatoms. The van der Waals surface area contributed by atoms with Crippen molar-refractivity contribution in [1.29, 1.82) is 0 Å². The lowest BCUT2D eigenvalue weighted by Crippen LogP contribution is -2.54. The smallest absolute Gasteiger partial charge is 0.188 e. The third-order valence-corrected chi connectivity index (χ3v) is 4.27. The molecule has 2 saturated carbocycles. The Morgan fingerprint density at radius 3 is 2.47 bits per heavy atom. The molecule has 0 aliphatic heterocycles. The van der Waals surface area contributed by atoms with Gasteiger partial charge in [-0.3, -0.25) is 4.99 Å². The second-order valence-electron chi connectivity index (χ2n) is 6.37. The number of rotatable bonds is 4. The van der Waals surface area contributed by atoms with Crippen LogP contribution >= 0.6 is 0 Å². The van der Waals surface area contributed by atoms with E-state index < -0.39 is 0 Å². The number of nitrogens with zero attached hydrogens (tertiary/aromatic N) is 1. The van der Waals surface area contributed by atoms with Crippen molar-refractivity contribution in [2.75, 3.05) is 13.2 Å². The lowest BCUT2D eigenvalue weighted by Gasteiger charge is -2.60. The molecule has 0 aromatic carbocycles. The van der Waals surface area contributed by atoms with Crippen LogP contribution in [0.25, 0.3) is 0 Å². The second kappa shape index (κ2) is 4.48. The predicted octanol–water partition coefficient (Wildman–Crippen LogP) is 1.24. The van der Waals surface area contributed by atoms with E-state index in [1.807, 2.05) is 13.8 Å². The van der Waals surface area contributed by atoms with Gasteiger partial charge < -0.3 is 16.2 Å². The highest BCUT2D eigenvalue weighted by Gasteiger charge is 2.56. The largest absolute Gasteiger partial charge is 0.396 e. The van der Waals surface area contributed by atoms with E-state index in [1.165, 1.54) is 19.3 Å². The minimum absolute atomic E-state index is 0.0176. The molecule has 4 nitrogen and oxygen atoms in total. The molecule has 0 unspecified atom stereocenters. The first-order valence-electron chi connectivity index (χ1n) is 6.67. The highest BCUT2D eigenvalue weighted by molar-refractivity contribution is 5.78. The molecule has 17 heavy (non-hydrogen) atoms. The first-order chi connectivity index (χ1) is 7.99. The van der Waals surface area contributed by atoms with E-state index in [9.17, 15) is 5.11 Å². The highest BCUT2D eigenvalue weighted by atomic mass is 16.3. The van der Waals surface area contributed by atoms with E-state index in [0.717, 1.165) is 12.8 Å². The lowest BCUT2D eigenvalue weighted by atomic mass is 9.45. The van der Waals surface area contributed by atoms with Crippen molar-refractivity contribution in [3.63, 3.8) is 0 Å². The van der Waals surface area contributed by atoms with Gasteiger partial charge >= 0.3 is 0 Å². The number of guanidine groups is 1. The fraction of sp³-hybridized carbons (Fsp3) is 0.923. The Bertz CT molecular complexity index is 300. The molecule has 0 radical (unpaired) electrons. The summed E-state index contributed by atoms with van der Waals surface area (Å²) in [5.41, 5.74) is 6.37. The Morgan fingerprint density at radius 2 is 2.06 bits per heavy atom. The van der Waals surface area contributed by atoms with Crippen LogP contribution in [0.4, 0.5) is 0 Å². The van der Waals surface area contributed by atoms with E-state index in [4.69, 9.17) is 5.73 Å². The summed E-state index contributed by atoms with van der Waals surface area (Å²) >= 11 is 0. The summed E-state index contributed by atoms with van der Waals surface area (Å²) in [5.74, 6) is 0.502. The Hall–Kier alpha value is -0.770. The van der Waals surface area contributed by atoms with Crippen LogP contribution in [0.15, 0.2) is 4.99 Å². The summed E-state index contributed by atoms with van der Waals surface area (Å²) in [6, 6.07) is 0.309. The number of hydrogen-bond donors (Lipinski definition) is 3. The van der Waals surface area contributed by atoms with Gasteiger partial charge in [-0.25, -0.2) is 0 Å². The van der Waals surface area contributed by atoms with Crippen molar-refractivity contribution in [3.05, 3.63) is 0 Å². The average molecular weight is 239 g/mol. The Labute approximate surface area is 104 Å². The minimum atomic E-state index is 0.0176. The first-order valence-corrected chi connectivity index (χ1v) is 6.67. The molecule has 0 heterocycles. The lowest BCUT2D eigenvalue weighted by molar-refractivity contribution is -0.114. The first kappa shape index (κ1) is 12.7. The van der Waals surface area contributed by atoms with Crippen LogP contribution in [0.5, 0.6) is 0 Å². The van der Waals surface area contributed by atoms with Crippen molar-refractivity contribution in [3.8, 4) is 0 Å². The molecule has 1 spiro atoms. The molecule has 2 rings (SSSR count). The van der Waals surface area contributed by atoms with Crippen molar-refractivity contribution >= 4 is 5.96 Å². The van der Waals surface area contributed by atoms with Gasteiger partial charge in [-0.15, -0.1) is 0 Å². The average Bonchev–Trinajstić information content (AvgIpc) is 2.13. The number of aliphatic imine (C=N–C) groups is 1. The molecule has 0 saturated heterocycles. The number of nitrogens with one attached hydrogen (secondary N) is 1. The Balaban J connectivity index is 1.84. The highest BCUT2D eigenvalue weighted by Crippen LogP contribution is 2.64. The molecule has 0 aromatic rings. The summed E-state index contributed by atoms with van der Waals surface area (Å²) in [4.78, 5) is 4.38. The van der Waals surface area contributed by atoms with Crippen LogP contribution in [0.2, 0.25) is 0 Å². The maximum absolute atomic E-state index is 9.55. The van der Waals surface area contributed by atoms with Crippen LogP contribution in [0, 0.1) is 10.8 Å². The van der Waals surface area contributed by atoms with Gasteiger partial charge in [0.25, 0.3) is 0 Å². The molecule has 0 bridgehead atoms. The summed E-state index contributed by atoms with van der Waals surface area (Å²) in [5, 5.41) is 12.6. The molecule has 0 amide bonds. The monoisotopic (exact) mass is 239 g/mol. The molecule has 0 atom stereocenters. The molecular formula is C13H25N3O. The molecule has 0 aromatic heterocycles. The molecule has 2 aliphatic rings. The fourth-order valence-electron chi connectivity index (χ4n) is 3.44. The van der Waals surface area contributed by atoms with Crippen molar-refractivity contribution < 1.29 is 5.11 Å². The second-order valence-corrected chi connectivity index (χ2v) is 6.37. The molecular weight excluding hydrogens is 214 g/mol. The molecule has 2 aliphatic carbocycles. The van der Waals surface area contributed by atoms with Gasteiger partial charge in [-0.05, 0) is 44.9 Å². The third kappa shape index (κ3) is 2.57. The van der Waals surface area contributed by atoms with Crippen molar-refractivity contribution in [1.82, 2.24) is 5.32 Å². The zero-order valence-corrected chi connectivity index (χ0v) is 11.0. The van der Waals surface area contributed by atoms with Crippen LogP contribution in [0.1, 0.15) is 46.0 Å². The van der Waals surface area contributed by atoms with Gasteiger partial charge in [-0.2, -0.15) is 0 Å². The molecule has 2 fully saturated rings. The van der Waals surface area contributed by atoms with E-state index in [-0.39, 0.29) is 12.0 Å². The SMILES string of the molecule is CC(C)NC(N)=NCC1(CO)CC2(CCC2)C1. The zero-order chi connectivity index (χ0) is 12.5. The molecule has 4 N–H and O–H groups in total. The number of nitrogens with two attached hydrogens (primary N) is 1. The van der Waals surface area contributed by atoms with Crippen LogP contribution in [-0.4, -0.2) is 30.3 Å². The van der Waals surface area contributed by atoms with Gasteiger partial charge in [0.2, 0.25) is 0 Å². The van der Waals surface area contributed by atoms with Gasteiger partial charge in [0.1, 0.15) is 0 Å². The van der Waals surface area contributed by atoms with E-state index in [2.05, 4.69) is 10.3 Å². The normalized spacial score (nSPS) is 25.5. The maximum atomic E-state index is 9.55. The number of hydrogen-bond acceptors (Lipinski definition) is 2. The maximum Gasteiger partial charge on any atom is 0.188 e.